The molecule has 1 unspecified atom stereocenters. The van der Waals surface area contributed by atoms with Crippen molar-refractivity contribution < 1.29 is 9.21 Å². The second-order valence-corrected chi connectivity index (χ2v) is 3.85. The van der Waals surface area contributed by atoms with Gasteiger partial charge in [0.25, 0.3) is 0 Å². The van der Waals surface area contributed by atoms with Gasteiger partial charge in [0.2, 0.25) is 0 Å². The van der Waals surface area contributed by atoms with Crippen LogP contribution in [0.4, 0.5) is 0 Å². The summed E-state index contributed by atoms with van der Waals surface area (Å²) in [5.74, 6) is 1.20. The second-order valence-electron chi connectivity index (χ2n) is 3.85. The van der Waals surface area contributed by atoms with E-state index in [2.05, 4.69) is 4.90 Å². The minimum Gasteiger partial charge on any atom is -0.468 e. The fourth-order valence-electron chi connectivity index (χ4n) is 1.97. The van der Waals surface area contributed by atoms with Crippen molar-refractivity contribution in [2.24, 2.45) is 5.92 Å². The highest BCUT2D eigenvalue weighted by molar-refractivity contribution is 5.53. The van der Waals surface area contributed by atoms with E-state index in [0.717, 1.165) is 44.5 Å². The Morgan fingerprint density at radius 3 is 3.29 bits per heavy atom. The molecule has 1 aromatic rings. The number of carbonyl (C=O) groups excluding carboxylic acids is 1. The summed E-state index contributed by atoms with van der Waals surface area (Å²) in [6, 6.07) is 3.88. The van der Waals surface area contributed by atoms with E-state index in [1.165, 1.54) is 0 Å². The number of furan rings is 1. The van der Waals surface area contributed by atoms with Crippen LogP contribution in [-0.4, -0.2) is 24.3 Å². The topological polar surface area (TPSA) is 33.5 Å². The molecule has 0 bridgehead atoms. The number of hydrogen-bond donors (Lipinski definition) is 0. The molecule has 0 aromatic carbocycles. The van der Waals surface area contributed by atoms with Crippen molar-refractivity contribution in [3.05, 3.63) is 24.2 Å². The second kappa shape index (κ2) is 4.42. The standard InChI is InChI=1S/C11H15NO2/c13-9-10-3-1-5-12(7-10)8-11-4-2-6-14-11/h2,4,6,9-10H,1,3,5,7-8H2. The zero-order chi connectivity index (χ0) is 9.80. The van der Waals surface area contributed by atoms with Crippen molar-refractivity contribution in [3.63, 3.8) is 0 Å². The van der Waals surface area contributed by atoms with Gasteiger partial charge < -0.3 is 9.21 Å². The summed E-state index contributed by atoms with van der Waals surface area (Å²) < 4.78 is 5.28. The summed E-state index contributed by atoms with van der Waals surface area (Å²) in [6.45, 7) is 2.78. The minimum atomic E-state index is 0.221. The molecule has 1 fully saturated rings. The fraction of sp³-hybridized carbons (Fsp3) is 0.545. The summed E-state index contributed by atoms with van der Waals surface area (Å²) in [5, 5.41) is 0. The Kier molecular flexibility index (Phi) is 2.99. The van der Waals surface area contributed by atoms with Gasteiger partial charge in [-0.25, -0.2) is 0 Å². The van der Waals surface area contributed by atoms with E-state index in [4.69, 9.17) is 4.42 Å². The first-order valence-corrected chi connectivity index (χ1v) is 5.08. The van der Waals surface area contributed by atoms with E-state index in [1.807, 2.05) is 12.1 Å². The van der Waals surface area contributed by atoms with Gasteiger partial charge in [0, 0.05) is 12.5 Å². The summed E-state index contributed by atoms with van der Waals surface area (Å²) >= 11 is 0. The molecule has 1 saturated heterocycles. The Morgan fingerprint density at radius 1 is 1.64 bits per heavy atom. The number of rotatable bonds is 3. The summed E-state index contributed by atoms with van der Waals surface area (Å²) in [6.07, 6.45) is 4.92. The molecule has 76 valence electrons. The lowest BCUT2D eigenvalue weighted by Gasteiger charge is -2.29. The van der Waals surface area contributed by atoms with E-state index in [0.29, 0.717) is 0 Å². The molecule has 2 rings (SSSR count). The van der Waals surface area contributed by atoms with Crippen molar-refractivity contribution in [1.29, 1.82) is 0 Å². The van der Waals surface area contributed by atoms with Crippen molar-refractivity contribution in [2.45, 2.75) is 19.4 Å². The predicted molar refractivity (Wildman–Crippen MR) is 52.8 cm³/mol. The number of likely N-dealkylation sites (tertiary alicyclic amines) is 1. The molecule has 2 heterocycles. The van der Waals surface area contributed by atoms with Gasteiger partial charge in [-0.15, -0.1) is 0 Å². The molecule has 0 amide bonds. The molecule has 1 atom stereocenters. The van der Waals surface area contributed by atoms with Gasteiger partial charge in [0.1, 0.15) is 12.0 Å². The van der Waals surface area contributed by atoms with Crippen LogP contribution >= 0.6 is 0 Å². The van der Waals surface area contributed by atoms with Crippen LogP contribution < -0.4 is 0 Å². The third kappa shape index (κ3) is 2.23. The van der Waals surface area contributed by atoms with Gasteiger partial charge in [-0.1, -0.05) is 0 Å². The maximum absolute atomic E-state index is 10.7. The number of piperidine rings is 1. The van der Waals surface area contributed by atoms with Gasteiger partial charge in [-0.3, -0.25) is 4.90 Å². The first-order chi connectivity index (χ1) is 6.88. The summed E-state index contributed by atoms with van der Waals surface area (Å²) in [7, 11) is 0. The van der Waals surface area contributed by atoms with Crippen LogP contribution in [0.15, 0.2) is 22.8 Å². The van der Waals surface area contributed by atoms with Crippen LogP contribution in [0.2, 0.25) is 0 Å². The normalized spacial score (nSPS) is 23.6. The van der Waals surface area contributed by atoms with E-state index < -0.39 is 0 Å². The molecule has 3 nitrogen and oxygen atoms in total. The average molecular weight is 193 g/mol. The van der Waals surface area contributed by atoms with Gasteiger partial charge in [0.05, 0.1) is 12.8 Å². The van der Waals surface area contributed by atoms with Crippen LogP contribution in [0.5, 0.6) is 0 Å². The van der Waals surface area contributed by atoms with E-state index in [1.54, 1.807) is 6.26 Å². The molecular weight excluding hydrogens is 178 g/mol. The molecule has 1 aliphatic rings. The van der Waals surface area contributed by atoms with Crippen LogP contribution in [0.3, 0.4) is 0 Å². The zero-order valence-corrected chi connectivity index (χ0v) is 8.19. The van der Waals surface area contributed by atoms with Crippen molar-refractivity contribution in [3.8, 4) is 0 Å². The Balaban J connectivity index is 1.89. The Labute approximate surface area is 83.7 Å². The lowest BCUT2D eigenvalue weighted by molar-refractivity contribution is -0.112. The third-order valence-corrected chi connectivity index (χ3v) is 2.69. The highest BCUT2D eigenvalue weighted by Gasteiger charge is 2.19. The molecular formula is C11H15NO2. The number of hydrogen-bond acceptors (Lipinski definition) is 3. The van der Waals surface area contributed by atoms with Crippen LogP contribution in [0, 0.1) is 5.92 Å². The van der Waals surface area contributed by atoms with Gasteiger partial charge in [-0.2, -0.15) is 0 Å². The minimum absolute atomic E-state index is 0.221. The molecule has 0 aliphatic carbocycles. The van der Waals surface area contributed by atoms with Crippen LogP contribution in [0.25, 0.3) is 0 Å². The Morgan fingerprint density at radius 2 is 2.57 bits per heavy atom. The van der Waals surface area contributed by atoms with Crippen molar-refractivity contribution >= 4 is 6.29 Å². The quantitative estimate of drug-likeness (QED) is 0.685. The lowest BCUT2D eigenvalue weighted by atomic mass is 10.00. The molecule has 14 heavy (non-hydrogen) atoms. The zero-order valence-electron chi connectivity index (χ0n) is 8.19. The fourth-order valence-corrected chi connectivity index (χ4v) is 1.97. The van der Waals surface area contributed by atoms with Gasteiger partial charge in [0.15, 0.2) is 0 Å². The SMILES string of the molecule is O=CC1CCCN(Cc2ccco2)C1. The lowest BCUT2D eigenvalue weighted by Crippen LogP contribution is -2.35. The highest BCUT2D eigenvalue weighted by Crippen LogP contribution is 2.16. The van der Waals surface area contributed by atoms with E-state index in [-0.39, 0.29) is 5.92 Å². The highest BCUT2D eigenvalue weighted by atomic mass is 16.3. The Hall–Kier alpha value is -1.09. The number of nitrogens with zero attached hydrogens (tertiary/aromatic N) is 1. The molecule has 0 N–H and O–H groups in total. The Bertz CT molecular complexity index is 281. The maximum atomic E-state index is 10.7. The first-order valence-electron chi connectivity index (χ1n) is 5.08. The first kappa shape index (κ1) is 9.46. The molecule has 1 aromatic heterocycles. The smallest absolute Gasteiger partial charge is 0.124 e. The van der Waals surface area contributed by atoms with Crippen molar-refractivity contribution in [2.75, 3.05) is 13.1 Å². The summed E-state index contributed by atoms with van der Waals surface area (Å²) in [5.41, 5.74) is 0. The molecule has 0 radical (unpaired) electrons. The van der Waals surface area contributed by atoms with Crippen LogP contribution in [0.1, 0.15) is 18.6 Å². The largest absolute Gasteiger partial charge is 0.468 e. The number of aldehydes is 1. The average Bonchev–Trinajstić information content (AvgIpc) is 2.71. The summed E-state index contributed by atoms with van der Waals surface area (Å²) in [4.78, 5) is 12.9. The molecule has 3 heteroatoms. The van der Waals surface area contributed by atoms with Gasteiger partial charge >= 0.3 is 0 Å². The predicted octanol–water partition coefficient (Wildman–Crippen LogP) is 1.69. The van der Waals surface area contributed by atoms with Crippen LogP contribution in [-0.2, 0) is 11.3 Å². The third-order valence-electron chi connectivity index (χ3n) is 2.69. The van der Waals surface area contributed by atoms with E-state index in [9.17, 15) is 4.79 Å². The van der Waals surface area contributed by atoms with Gasteiger partial charge in [-0.05, 0) is 31.5 Å². The molecule has 0 saturated carbocycles. The maximum Gasteiger partial charge on any atom is 0.124 e. The number of carbonyl (C=O) groups is 1. The van der Waals surface area contributed by atoms with Crippen molar-refractivity contribution in [1.82, 2.24) is 4.90 Å². The molecule has 0 spiro atoms. The van der Waals surface area contributed by atoms with E-state index >= 15 is 0 Å². The molecule has 1 aliphatic heterocycles. The monoisotopic (exact) mass is 193 g/mol.